The fourth-order valence-corrected chi connectivity index (χ4v) is 5.56. The zero-order chi connectivity index (χ0) is 26.8. The summed E-state index contributed by atoms with van der Waals surface area (Å²) in [6.45, 7) is 8.10. The van der Waals surface area contributed by atoms with Crippen LogP contribution in [0.2, 0.25) is 0 Å². The molecule has 2 aromatic heterocycles. The first-order valence-corrected chi connectivity index (χ1v) is 12.8. The number of benzene rings is 4. The summed E-state index contributed by atoms with van der Waals surface area (Å²) in [5.74, 6) is -0.227. The minimum atomic E-state index is -0.355. The second-order valence-electron chi connectivity index (χ2n) is 11.0. The number of hydrogen-bond acceptors (Lipinski definition) is 2. The van der Waals surface area contributed by atoms with Gasteiger partial charge in [0.25, 0.3) is 0 Å². The van der Waals surface area contributed by atoms with Crippen molar-refractivity contribution in [1.82, 2.24) is 0 Å². The van der Waals surface area contributed by atoms with Gasteiger partial charge in [-0.3, -0.25) is 0 Å². The first-order chi connectivity index (χ1) is 18.2. The van der Waals surface area contributed by atoms with E-state index in [1.807, 2.05) is 74.9 Å². The second kappa shape index (κ2) is 8.53. The van der Waals surface area contributed by atoms with Gasteiger partial charge in [-0.15, -0.1) is 0 Å². The lowest BCUT2D eigenvalue weighted by molar-refractivity contribution is -0.662. The molecule has 0 aliphatic carbocycles. The van der Waals surface area contributed by atoms with Crippen LogP contribution < -0.4 is 4.57 Å². The Labute approximate surface area is 221 Å². The number of hydrogen-bond donors (Lipinski definition) is 0. The van der Waals surface area contributed by atoms with Crippen LogP contribution in [0.1, 0.15) is 37.5 Å². The van der Waals surface area contributed by atoms with Gasteiger partial charge in [-0.05, 0) is 46.4 Å². The molecule has 0 aliphatic heterocycles. The Kier molecular flexibility index (Phi) is 5.36. The first-order valence-electron chi connectivity index (χ1n) is 12.8. The normalized spacial score (nSPS) is 11.9. The van der Waals surface area contributed by atoms with Gasteiger partial charge in [0.1, 0.15) is 18.2 Å². The number of rotatable bonds is 2. The molecule has 0 saturated carbocycles. The molecule has 0 spiro atoms. The van der Waals surface area contributed by atoms with E-state index >= 15 is 4.39 Å². The maximum Gasteiger partial charge on any atom is 0.216 e. The zero-order valence-electron chi connectivity index (χ0n) is 22.2. The Morgan fingerprint density at radius 3 is 2.26 bits per heavy atom. The average molecular weight is 500 g/mol. The molecule has 186 valence electrons. The first kappa shape index (κ1) is 23.9. The summed E-state index contributed by atoms with van der Waals surface area (Å²) in [5, 5.41) is 14.2. The standard InChI is InChI=1S/C34H28FN2O/c1-20-13-15-25-26-16-14-22(18-36)31(24-12-8-10-21-9-6-7-11-23(21)24)33(26)38-32(25)30(20)29-17-27(34(2,3)4)28(35)19-37(29)5/h6-17,19H,1-5H3/q+1. The van der Waals surface area contributed by atoms with E-state index in [-0.39, 0.29) is 11.2 Å². The van der Waals surface area contributed by atoms with Crippen LogP contribution in [0.4, 0.5) is 4.39 Å². The average Bonchev–Trinajstić information content (AvgIpc) is 3.26. The third-order valence-electron chi connectivity index (χ3n) is 7.49. The van der Waals surface area contributed by atoms with E-state index in [9.17, 15) is 5.26 Å². The highest BCUT2D eigenvalue weighted by Gasteiger charge is 2.28. The zero-order valence-corrected chi connectivity index (χ0v) is 22.2. The molecule has 4 heteroatoms. The molecular formula is C34H28FN2O+. The van der Waals surface area contributed by atoms with Crippen molar-refractivity contribution in [2.45, 2.75) is 33.1 Å². The number of halogens is 1. The largest absolute Gasteiger partial charge is 0.454 e. The summed E-state index contributed by atoms with van der Waals surface area (Å²) in [4.78, 5) is 0. The molecule has 0 aliphatic rings. The third-order valence-corrected chi connectivity index (χ3v) is 7.49. The van der Waals surface area contributed by atoms with Gasteiger partial charge in [-0.25, -0.2) is 4.39 Å². The molecule has 0 N–H and O–H groups in total. The number of fused-ring (bicyclic) bond motifs is 4. The van der Waals surface area contributed by atoms with Crippen molar-refractivity contribution in [3.05, 3.63) is 102 Å². The van der Waals surface area contributed by atoms with E-state index in [0.717, 1.165) is 55.1 Å². The van der Waals surface area contributed by atoms with Gasteiger partial charge in [0.05, 0.1) is 17.2 Å². The molecule has 0 bridgehead atoms. The number of furan rings is 1. The Bertz CT molecular complexity index is 1950. The third kappa shape index (κ3) is 3.58. The van der Waals surface area contributed by atoms with Crippen LogP contribution in [0.15, 0.2) is 83.4 Å². The van der Waals surface area contributed by atoms with Crippen molar-refractivity contribution in [1.29, 1.82) is 5.26 Å². The van der Waals surface area contributed by atoms with Crippen LogP contribution in [0.3, 0.4) is 0 Å². The molecule has 6 aromatic rings. The molecule has 6 rings (SSSR count). The van der Waals surface area contributed by atoms with Crippen LogP contribution in [0.25, 0.3) is 55.1 Å². The van der Waals surface area contributed by atoms with Crippen molar-refractivity contribution in [2.24, 2.45) is 7.05 Å². The molecule has 0 fully saturated rings. The lowest BCUT2D eigenvalue weighted by Gasteiger charge is -2.19. The van der Waals surface area contributed by atoms with Gasteiger partial charge in [0.15, 0.2) is 5.82 Å². The number of nitriles is 1. The number of pyridine rings is 1. The Morgan fingerprint density at radius 2 is 1.53 bits per heavy atom. The smallest absolute Gasteiger partial charge is 0.216 e. The molecule has 3 nitrogen and oxygen atoms in total. The quantitative estimate of drug-likeness (QED) is 0.224. The minimum Gasteiger partial charge on any atom is -0.454 e. The summed E-state index contributed by atoms with van der Waals surface area (Å²) in [6, 6.07) is 26.7. The highest BCUT2D eigenvalue weighted by Crippen LogP contribution is 2.43. The lowest BCUT2D eigenvalue weighted by atomic mass is 9.86. The summed E-state index contributed by atoms with van der Waals surface area (Å²) in [7, 11) is 1.86. The van der Waals surface area contributed by atoms with Gasteiger partial charge in [0.2, 0.25) is 11.9 Å². The summed E-state index contributed by atoms with van der Waals surface area (Å²) in [5.41, 5.74) is 6.87. The van der Waals surface area contributed by atoms with Crippen molar-refractivity contribution in [2.75, 3.05) is 0 Å². The Hall–Kier alpha value is -4.49. The van der Waals surface area contributed by atoms with Gasteiger partial charge in [-0.1, -0.05) is 75.4 Å². The Balaban J connectivity index is 1.73. The van der Waals surface area contributed by atoms with Crippen LogP contribution in [0.5, 0.6) is 0 Å². The second-order valence-corrected chi connectivity index (χ2v) is 11.0. The lowest BCUT2D eigenvalue weighted by Crippen LogP contribution is -2.33. The molecular weight excluding hydrogens is 471 g/mol. The minimum absolute atomic E-state index is 0.227. The van der Waals surface area contributed by atoms with Crippen molar-refractivity contribution in [3.8, 4) is 28.5 Å². The van der Waals surface area contributed by atoms with Crippen molar-refractivity contribution >= 4 is 32.7 Å². The molecule has 4 aromatic carbocycles. The van der Waals surface area contributed by atoms with Gasteiger partial charge >= 0.3 is 0 Å². The molecule has 0 unspecified atom stereocenters. The molecule has 0 amide bonds. The number of nitrogens with zero attached hydrogens (tertiary/aromatic N) is 2. The maximum absolute atomic E-state index is 15.0. The SMILES string of the molecule is Cc1ccc2c(oc3c(-c4cccc5ccccc45)c(C#N)ccc32)c1-c1cc(C(C)(C)C)c(F)c[n+]1C. The van der Waals surface area contributed by atoms with Crippen molar-refractivity contribution in [3.63, 3.8) is 0 Å². The topological polar surface area (TPSA) is 40.8 Å². The maximum atomic E-state index is 15.0. The predicted molar refractivity (Wildman–Crippen MR) is 151 cm³/mol. The monoisotopic (exact) mass is 499 g/mol. The van der Waals surface area contributed by atoms with E-state index in [2.05, 4.69) is 43.3 Å². The predicted octanol–water partition coefficient (Wildman–Crippen LogP) is 8.51. The number of aryl methyl sites for hydroxylation is 2. The van der Waals surface area contributed by atoms with E-state index in [0.29, 0.717) is 16.7 Å². The van der Waals surface area contributed by atoms with Gasteiger partial charge in [0, 0.05) is 28.0 Å². The molecule has 0 atom stereocenters. The van der Waals surface area contributed by atoms with E-state index in [1.165, 1.54) is 0 Å². The van der Waals surface area contributed by atoms with E-state index < -0.39 is 0 Å². The fourth-order valence-electron chi connectivity index (χ4n) is 5.56. The van der Waals surface area contributed by atoms with Gasteiger partial charge < -0.3 is 4.42 Å². The van der Waals surface area contributed by atoms with E-state index in [1.54, 1.807) is 6.20 Å². The molecule has 0 radical (unpaired) electrons. The van der Waals surface area contributed by atoms with Gasteiger partial charge in [-0.2, -0.15) is 9.83 Å². The summed E-state index contributed by atoms with van der Waals surface area (Å²) < 4.78 is 23.6. The van der Waals surface area contributed by atoms with Crippen LogP contribution in [-0.2, 0) is 12.5 Å². The fraction of sp³-hybridized carbons (Fsp3) is 0.176. The van der Waals surface area contributed by atoms with Crippen LogP contribution in [0, 0.1) is 24.1 Å². The van der Waals surface area contributed by atoms with Crippen molar-refractivity contribution < 1.29 is 13.4 Å². The highest BCUT2D eigenvalue weighted by atomic mass is 19.1. The van der Waals surface area contributed by atoms with Crippen LogP contribution >= 0.6 is 0 Å². The highest BCUT2D eigenvalue weighted by molar-refractivity contribution is 6.15. The molecule has 0 saturated heterocycles. The van der Waals surface area contributed by atoms with E-state index in [4.69, 9.17) is 4.42 Å². The van der Waals surface area contributed by atoms with Crippen LogP contribution in [-0.4, -0.2) is 0 Å². The summed E-state index contributed by atoms with van der Waals surface area (Å²) in [6.07, 6.45) is 1.55. The number of aromatic nitrogens is 1. The molecule has 2 heterocycles. The molecule has 38 heavy (non-hydrogen) atoms. The summed E-state index contributed by atoms with van der Waals surface area (Å²) >= 11 is 0. The Morgan fingerprint density at radius 1 is 0.842 bits per heavy atom.